The molecule has 0 radical (unpaired) electrons. The molecule has 0 heterocycles. The Morgan fingerprint density at radius 2 is 1.94 bits per heavy atom. The lowest BCUT2D eigenvalue weighted by molar-refractivity contribution is -0.159. The van der Waals surface area contributed by atoms with Gasteiger partial charge in [0.2, 0.25) is 0 Å². The molecule has 0 aromatic heterocycles. The molecule has 3 N–H and O–H groups in total. The molecule has 0 spiro atoms. The lowest BCUT2D eigenvalue weighted by Crippen LogP contribution is -2.43. The summed E-state index contributed by atoms with van der Waals surface area (Å²) in [5.41, 5.74) is 0.997. The molecule has 2 aliphatic rings. The average molecular weight is 560 g/mol. The first-order valence-electron chi connectivity index (χ1n) is 13.0. The van der Waals surface area contributed by atoms with Crippen molar-refractivity contribution in [3.63, 3.8) is 0 Å². The van der Waals surface area contributed by atoms with Crippen molar-refractivity contribution >= 4 is 27.9 Å². The van der Waals surface area contributed by atoms with E-state index in [1.165, 1.54) is 0 Å². The number of rotatable bonds is 14. The molecular formula is C27H43BrO7. The number of aliphatic hydroxyl groups excluding tert-OH is 3. The SMILES string of the molecule is CCC(C)C(=O)OC1CC(O)C=C2C=CC(C)C(CCCC(O)C(O)CC(=O)OCCCCBr)C21. The molecule has 7 nitrogen and oxygen atoms in total. The molecule has 35 heavy (non-hydrogen) atoms. The Morgan fingerprint density at radius 3 is 2.63 bits per heavy atom. The summed E-state index contributed by atoms with van der Waals surface area (Å²) in [6, 6.07) is 0. The van der Waals surface area contributed by atoms with Crippen LogP contribution in [0.2, 0.25) is 0 Å². The molecule has 0 fully saturated rings. The first-order chi connectivity index (χ1) is 16.7. The van der Waals surface area contributed by atoms with Gasteiger partial charge in [0.1, 0.15) is 6.10 Å². The van der Waals surface area contributed by atoms with Gasteiger partial charge in [0.25, 0.3) is 0 Å². The minimum absolute atomic E-state index is 0.0111. The Bertz CT molecular complexity index is 737. The van der Waals surface area contributed by atoms with E-state index in [4.69, 9.17) is 9.47 Å². The third kappa shape index (κ3) is 9.30. The van der Waals surface area contributed by atoms with E-state index in [0.29, 0.717) is 32.3 Å². The molecule has 0 aliphatic heterocycles. The molecule has 0 saturated heterocycles. The molecule has 0 aromatic rings. The van der Waals surface area contributed by atoms with Gasteiger partial charge in [-0.1, -0.05) is 61.4 Å². The Kier molecular flexibility index (Phi) is 13.0. The Balaban J connectivity index is 1.93. The van der Waals surface area contributed by atoms with Gasteiger partial charge < -0.3 is 24.8 Å². The van der Waals surface area contributed by atoms with E-state index in [2.05, 4.69) is 28.9 Å². The largest absolute Gasteiger partial charge is 0.466 e. The zero-order valence-corrected chi connectivity index (χ0v) is 22.9. The number of fused-ring (bicyclic) bond motifs is 1. The average Bonchev–Trinajstić information content (AvgIpc) is 2.82. The molecule has 0 amide bonds. The van der Waals surface area contributed by atoms with Gasteiger partial charge in [-0.2, -0.15) is 0 Å². The predicted molar refractivity (Wildman–Crippen MR) is 138 cm³/mol. The molecule has 8 unspecified atom stereocenters. The number of alkyl halides is 1. The highest BCUT2D eigenvalue weighted by Crippen LogP contribution is 2.44. The van der Waals surface area contributed by atoms with Crippen LogP contribution in [0.5, 0.6) is 0 Å². The van der Waals surface area contributed by atoms with Crippen LogP contribution in [-0.2, 0) is 19.1 Å². The first kappa shape index (κ1) is 30.0. The number of esters is 2. The summed E-state index contributed by atoms with van der Waals surface area (Å²) in [7, 11) is 0. The number of allylic oxidation sites excluding steroid dienone is 2. The van der Waals surface area contributed by atoms with Crippen LogP contribution in [0.3, 0.4) is 0 Å². The van der Waals surface area contributed by atoms with Crippen LogP contribution >= 0.6 is 15.9 Å². The van der Waals surface area contributed by atoms with Gasteiger partial charge in [-0.15, -0.1) is 0 Å². The van der Waals surface area contributed by atoms with Crippen LogP contribution in [0.4, 0.5) is 0 Å². The lowest BCUT2D eigenvalue weighted by Gasteiger charge is -2.43. The maximum absolute atomic E-state index is 12.5. The van der Waals surface area contributed by atoms with Crippen molar-refractivity contribution in [2.75, 3.05) is 11.9 Å². The number of ether oxygens (including phenoxy) is 2. The third-order valence-electron chi connectivity index (χ3n) is 7.30. The normalized spacial score (nSPS) is 28.4. The van der Waals surface area contributed by atoms with E-state index in [0.717, 1.165) is 30.2 Å². The minimum atomic E-state index is -1.16. The summed E-state index contributed by atoms with van der Waals surface area (Å²) < 4.78 is 11.0. The van der Waals surface area contributed by atoms with Gasteiger partial charge in [-0.05, 0) is 49.5 Å². The quantitative estimate of drug-likeness (QED) is 0.167. The minimum Gasteiger partial charge on any atom is -0.466 e. The van der Waals surface area contributed by atoms with Gasteiger partial charge in [0.15, 0.2) is 0 Å². The maximum Gasteiger partial charge on any atom is 0.308 e. The maximum atomic E-state index is 12.5. The lowest BCUT2D eigenvalue weighted by atomic mass is 9.66. The highest BCUT2D eigenvalue weighted by atomic mass is 79.9. The van der Waals surface area contributed by atoms with Crippen LogP contribution in [-0.4, -0.2) is 63.6 Å². The number of aliphatic hydroxyl groups is 3. The van der Waals surface area contributed by atoms with Crippen molar-refractivity contribution in [1.29, 1.82) is 0 Å². The van der Waals surface area contributed by atoms with E-state index in [1.54, 1.807) is 0 Å². The van der Waals surface area contributed by atoms with E-state index < -0.39 is 30.4 Å². The highest BCUT2D eigenvalue weighted by Gasteiger charge is 2.42. The van der Waals surface area contributed by atoms with Gasteiger partial charge >= 0.3 is 11.9 Å². The summed E-state index contributed by atoms with van der Waals surface area (Å²) in [5.74, 6) is -0.513. The number of hydrogen-bond acceptors (Lipinski definition) is 7. The first-order valence-corrected chi connectivity index (χ1v) is 14.2. The van der Waals surface area contributed by atoms with E-state index >= 15 is 0 Å². The van der Waals surface area contributed by atoms with Crippen LogP contribution in [0, 0.1) is 23.7 Å². The van der Waals surface area contributed by atoms with Gasteiger partial charge in [0.05, 0.1) is 37.3 Å². The van der Waals surface area contributed by atoms with Crippen molar-refractivity contribution in [3.05, 3.63) is 23.8 Å². The third-order valence-corrected chi connectivity index (χ3v) is 7.86. The second-order valence-corrected chi connectivity index (χ2v) is 10.8. The molecule has 2 aliphatic carbocycles. The molecule has 0 bridgehead atoms. The van der Waals surface area contributed by atoms with Crippen LogP contribution in [0.25, 0.3) is 0 Å². The number of hydrogen-bond donors (Lipinski definition) is 3. The topological polar surface area (TPSA) is 113 Å². The van der Waals surface area contributed by atoms with Crippen molar-refractivity contribution < 1.29 is 34.4 Å². The van der Waals surface area contributed by atoms with E-state index in [9.17, 15) is 24.9 Å². The van der Waals surface area contributed by atoms with Crippen molar-refractivity contribution in [1.82, 2.24) is 0 Å². The standard InChI is InChI=1S/C27H43BrO7/c1-4-17(2)27(33)35-24-15-20(29)14-19-11-10-18(3)21(26(19)24)8-7-9-22(30)23(31)16-25(32)34-13-6-5-12-28/h10-11,14,17-18,20-24,26,29-31H,4-9,12-13,15-16H2,1-3H3. The second-order valence-electron chi connectivity index (χ2n) is 10.0. The molecule has 8 atom stereocenters. The number of carbonyl (C=O) groups excluding carboxylic acids is 2. The van der Waals surface area contributed by atoms with Crippen molar-refractivity contribution in [2.24, 2.45) is 23.7 Å². The molecular weight excluding hydrogens is 516 g/mol. The summed E-state index contributed by atoms with van der Waals surface area (Å²) in [6.07, 6.45) is 7.09. The molecule has 0 aromatic carbocycles. The monoisotopic (exact) mass is 558 g/mol. The fourth-order valence-electron chi connectivity index (χ4n) is 4.92. The van der Waals surface area contributed by atoms with Gasteiger partial charge in [0, 0.05) is 17.7 Å². The molecule has 2 rings (SSSR count). The molecule has 0 saturated carbocycles. The van der Waals surface area contributed by atoms with Crippen LogP contribution in [0.1, 0.15) is 72.1 Å². The van der Waals surface area contributed by atoms with Gasteiger partial charge in [-0.25, -0.2) is 0 Å². The van der Waals surface area contributed by atoms with Crippen LogP contribution in [0.15, 0.2) is 23.8 Å². The Labute approximate surface area is 218 Å². The van der Waals surface area contributed by atoms with E-state index in [-0.39, 0.29) is 36.1 Å². The zero-order chi connectivity index (χ0) is 26.0. The number of carbonyl (C=O) groups is 2. The number of halogens is 1. The van der Waals surface area contributed by atoms with E-state index in [1.807, 2.05) is 26.0 Å². The summed E-state index contributed by atoms with van der Waals surface area (Å²) in [4.78, 5) is 24.4. The fourth-order valence-corrected chi connectivity index (χ4v) is 5.32. The molecule has 200 valence electrons. The molecule has 8 heteroatoms. The smallest absolute Gasteiger partial charge is 0.308 e. The summed E-state index contributed by atoms with van der Waals surface area (Å²) in [6.45, 7) is 6.25. The van der Waals surface area contributed by atoms with Crippen molar-refractivity contribution in [2.45, 2.75) is 96.6 Å². The zero-order valence-electron chi connectivity index (χ0n) is 21.3. The number of unbranched alkanes of at least 4 members (excludes halogenated alkanes) is 1. The summed E-state index contributed by atoms with van der Waals surface area (Å²) >= 11 is 3.32. The Morgan fingerprint density at radius 1 is 1.20 bits per heavy atom. The van der Waals surface area contributed by atoms with Crippen molar-refractivity contribution in [3.8, 4) is 0 Å². The second kappa shape index (κ2) is 15.1. The highest BCUT2D eigenvalue weighted by molar-refractivity contribution is 9.09. The summed E-state index contributed by atoms with van der Waals surface area (Å²) in [5, 5.41) is 31.8. The fraction of sp³-hybridized carbons (Fsp3) is 0.778. The van der Waals surface area contributed by atoms with Crippen LogP contribution < -0.4 is 0 Å². The predicted octanol–water partition coefficient (Wildman–Crippen LogP) is 4.07. The Hall–Kier alpha value is -1.22. The van der Waals surface area contributed by atoms with Gasteiger partial charge in [-0.3, -0.25) is 9.59 Å².